The van der Waals surface area contributed by atoms with E-state index in [0.717, 1.165) is 0 Å². The van der Waals surface area contributed by atoms with Gasteiger partial charge < -0.3 is 20.2 Å². The van der Waals surface area contributed by atoms with Gasteiger partial charge >= 0.3 is 5.97 Å². The number of likely N-dealkylation sites (tertiary alicyclic amines) is 1. The zero-order valence-electron chi connectivity index (χ0n) is 15.6. The number of aliphatic carboxylic acids is 1. The minimum Gasteiger partial charge on any atom is -0.481 e. The second-order valence-electron chi connectivity index (χ2n) is 7.24. The zero-order chi connectivity index (χ0) is 20.7. The van der Waals surface area contributed by atoms with Gasteiger partial charge in [-0.25, -0.2) is 9.97 Å². The lowest BCUT2D eigenvalue weighted by molar-refractivity contribution is -0.143. The van der Waals surface area contributed by atoms with Gasteiger partial charge in [-0.3, -0.25) is 18.8 Å². The van der Waals surface area contributed by atoms with Gasteiger partial charge in [-0.1, -0.05) is 6.92 Å². The molecular formula is C19H19N5O5. The Balaban J connectivity index is 1.82. The Morgan fingerprint density at radius 2 is 2.10 bits per heavy atom. The summed E-state index contributed by atoms with van der Waals surface area (Å²) in [4.78, 5) is 46.4. The summed E-state index contributed by atoms with van der Waals surface area (Å²) in [5.41, 5.74) is 6.00. The van der Waals surface area contributed by atoms with Crippen LogP contribution >= 0.6 is 0 Å². The molecule has 10 heteroatoms. The second-order valence-corrected chi connectivity index (χ2v) is 7.24. The summed E-state index contributed by atoms with van der Waals surface area (Å²) < 4.78 is 6.77. The van der Waals surface area contributed by atoms with Crippen LogP contribution in [0.5, 0.6) is 0 Å². The third-order valence-electron chi connectivity index (χ3n) is 5.02. The minimum absolute atomic E-state index is 0.0413. The van der Waals surface area contributed by atoms with Crippen molar-refractivity contribution in [1.82, 2.24) is 19.3 Å². The highest BCUT2D eigenvalue weighted by atomic mass is 16.4. The molecule has 2 atom stereocenters. The summed E-state index contributed by atoms with van der Waals surface area (Å²) in [5, 5.41) is 9.40. The van der Waals surface area contributed by atoms with E-state index in [4.69, 9.17) is 10.2 Å². The maximum Gasteiger partial charge on any atom is 0.308 e. The molecular weight excluding hydrogens is 378 g/mol. The van der Waals surface area contributed by atoms with E-state index in [1.165, 1.54) is 28.0 Å². The van der Waals surface area contributed by atoms with E-state index in [2.05, 4.69) is 9.97 Å². The molecule has 3 N–H and O–H groups in total. The van der Waals surface area contributed by atoms with Crippen molar-refractivity contribution in [2.45, 2.75) is 13.3 Å². The standard InChI is InChI=1S/C19H19N5O5/c1-10-5-11(19(27)28)8-23(7-10)18(26)13-6-12(14-3-2-4-29-14)22-17-15(16(20)25)21-9-24(13)17/h2-4,6,9-11H,5,7-8H2,1H3,(H2,20,25)(H,27,28). The third kappa shape index (κ3) is 3.33. The molecule has 4 heterocycles. The topological polar surface area (TPSA) is 144 Å². The van der Waals surface area contributed by atoms with Crippen molar-refractivity contribution in [3.05, 3.63) is 42.2 Å². The monoisotopic (exact) mass is 397 g/mol. The Kier molecular flexibility index (Phi) is 4.53. The molecule has 0 aliphatic carbocycles. The molecule has 0 bridgehead atoms. The molecule has 0 saturated carbocycles. The Bertz CT molecular complexity index is 1100. The lowest BCUT2D eigenvalue weighted by Crippen LogP contribution is -2.46. The fraction of sp³-hybridized carbons (Fsp3) is 0.316. The van der Waals surface area contributed by atoms with E-state index in [9.17, 15) is 19.5 Å². The van der Waals surface area contributed by atoms with E-state index >= 15 is 0 Å². The highest BCUT2D eigenvalue weighted by Gasteiger charge is 2.33. The number of carboxylic acid groups (broad SMARTS) is 1. The van der Waals surface area contributed by atoms with Crippen molar-refractivity contribution in [1.29, 1.82) is 0 Å². The first-order valence-electron chi connectivity index (χ1n) is 9.09. The summed E-state index contributed by atoms with van der Waals surface area (Å²) in [7, 11) is 0. The Hall–Kier alpha value is -3.69. The molecule has 150 valence electrons. The van der Waals surface area contributed by atoms with Gasteiger partial charge in [0.15, 0.2) is 17.1 Å². The lowest BCUT2D eigenvalue weighted by Gasteiger charge is -2.34. The van der Waals surface area contributed by atoms with Crippen LogP contribution in [0, 0.1) is 11.8 Å². The molecule has 4 rings (SSSR count). The lowest BCUT2D eigenvalue weighted by atomic mass is 9.90. The van der Waals surface area contributed by atoms with Crippen LogP contribution in [0.4, 0.5) is 0 Å². The third-order valence-corrected chi connectivity index (χ3v) is 5.02. The van der Waals surface area contributed by atoms with E-state index in [1.807, 2.05) is 6.92 Å². The molecule has 10 nitrogen and oxygen atoms in total. The van der Waals surface area contributed by atoms with Gasteiger partial charge in [-0.15, -0.1) is 0 Å². The number of rotatable bonds is 4. The largest absolute Gasteiger partial charge is 0.481 e. The van der Waals surface area contributed by atoms with Gasteiger partial charge in [0.2, 0.25) is 0 Å². The first kappa shape index (κ1) is 18.7. The molecule has 1 fully saturated rings. The number of hydrogen-bond acceptors (Lipinski definition) is 6. The average molecular weight is 397 g/mol. The fourth-order valence-electron chi connectivity index (χ4n) is 3.72. The Labute approximate surface area is 164 Å². The molecule has 29 heavy (non-hydrogen) atoms. The molecule has 2 amide bonds. The van der Waals surface area contributed by atoms with Gasteiger partial charge in [0.1, 0.15) is 17.7 Å². The fourth-order valence-corrected chi connectivity index (χ4v) is 3.72. The van der Waals surface area contributed by atoms with Crippen LogP contribution in [0.1, 0.15) is 34.3 Å². The van der Waals surface area contributed by atoms with Gasteiger partial charge in [-0.05, 0) is 30.5 Å². The van der Waals surface area contributed by atoms with Crippen molar-refractivity contribution in [3.8, 4) is 11.5 Å². The molecule has 0 radical (unpaired) electrons. The van der Waals surface area contributed by atoms with Crippen LogP contribution in [0.25, 0.3) is 17.1 Å². The average Bonchev–Trinajstić information content (AvgIpc) is 3.35. The first-order valence-corrected chi connectivity index (χ1v) is 9.09. The summed E-state index contributed by atoms with van der Waals surface area (Å²) in [5.74, 6) is -2.25. The molecule has 1 saturated heterocycles. The summed E-state index contributed by atoms with van der Waals surface area (Å²) in [6.45, 7) is 2.45. The normalized spacial score (nSPS) is 19.4. The van der Waals surface area contributed by atoms with Crippen molar-refractivity contribution in [2.75, 3.05) is 13.1 Å². The molecule has 1 aliphatic heterocycles. The van der Waals surface area contributed by atoms with Crippen LogP contribution < -0.4 is 5.73 Å². The van der Waals surface area contributed by atoms with Crippen LogP contribution in [0.3, 0.4) is 0 Å². The molecule has 3 aromatic heterocycles. The number of piperidine rings is 1. The van der Waals surface area contributed by atoms with Crippen molar-refractivity contribution in [2.24, 2.45) is 17.6 Å². The number of aromatic nitrogens is 3. The predicted octanol–water partition coefficient (Wildman–Crippen LogP) is 1.27. The number of fused-ring (bicyclic) bond motifs is 1. The van der Waals surface area contributed by atoms with Gasteiger partial charge in [0, 0.05) is 13.1 Å². The first-order chi connectivity index (χ1) is 13.8. The zero-order valence-corrected chi connectivity index (χ0v) is 15.6. The number of amides is 2. The van der Waals surface area contributed by atoms with Crippen LogP contribution in [0.2, 0.25) is 0 Å². The smallest absolute Gasteiger partial charge is 0.308 e. The number of hydrogen-bond donors (Lipinski definition) is 2. The molecule has 1 aliphatic rings. The van der Waals surface area contributed by atoms with Crippen LogP contribution in [-0.2, 0) is 4.79 Å². The summed E-state index contributed by atoms with van der Waals surface area (Å²) in [6, 6.07) is 4.89. The number of carbonyl (C=O) groups is 3. The second kappa shape index (κ2) is 7.04. The van der Waals surface area contributed by atoms with Crippen molar-refractivity contribution in [3.63, 3.8) is 0 Å². The molecule has 3 aromatic rings. The maximum atomic E-state index is 13.3. The van der Waals surface area contributed by atoms with E-state index in [0.29, 0.717) is 24.4 Å². The van der Waals surface area contributed by atoms with Crippen LogP contribution in [0.15, 0.2) is 35.2 Å². The van der Waals surface area contributed by atoms with Crippen LogP contribution in [-0.4, -0.2) is 55.2 Å². The molecule has 0 spiro atoms. The van der Waals surface area contributed by atoms with Crippen molar-refractivity contribution >= 4 is 23.4 Å². The number of furan rings is 1. The Morgan fingerprint density at radius 1 is 1.31 bits per heavy atom. The maximum absolute atomic E-state index is 13.3. The van der Waals surface area contributed by atoms with E-state index in [1.54, 1.807) is 12.1 Å². The van der Waals surface area contributed by atoms with Gasteiger partial charge in [0.25, 0.3) is 11.8 Å². The Morgan fingerprint density at radius 3 is 2.76 bits per heavy atom. The quantitative estimate of drug-likeness (QED) is 0.674. The minimum atomic E-state index is -0.927. The predicted molar refractivity (Wildman–Crippen MR) is 100 cm³/mol. The highest BCUT2D eigenvalue weighted by Crippen LogP contribution is 2.26. The highest BCUT2D eigenvalue weighted by molar-refractivity contribution is 5.99. The van der Waals surface area contributed by atoms with E-state index < -0.39 is 17.8 Å². The van der Waals surface area contributed by atoms with Gasteiger partial charge in [0.05, 0.1) is 12.2 Å². The number of nitrogens with two attached hydrogens (primary N) is 1. The number of imidazole rings is 1. The van der Waals surface area contributed by atoms with E-state index in [-0.39, 0.29) is 35.4 Å². The number of carboxylic acids is 1. The molecule has 2 unspecified atom stereocenters. The number of carbonyl (C=O) groups excluding carboxylic acids is 2. The SMILES string of the molecule is CC1CC(C(=O)O)CN(C(=O)c2cc(-c3ccco3)nc3c(C(N)=O)ncn23)C1. The summed E-state index contributed by atoms with van der Waals surface area (Å²) >= 11 is 0. The molecule has 0 aromatic carbocycles. The number of primary amides is 1. The summed E-state index contributed by atoms with van der Waals surface area (Å²) in [6.07, 6.45) is 3.29. The van der Waals surface area contributed by atoms with Crippen molar-refractivity contribution < 1.29 is 23.9 Å². The van der Waals surface area contributed by atoms with Gasteiger partial charge in [-0.2, -0.15) is 0 Å². The number of nitrogens with zero attached hydrogens (tertiary/aromatic N) is 4.